The fourth-order valence-corrected chi connectivity index (χ4v) is 4.48. The van der Waals surface area contributed by atoms with Crippen molar-refractivity contribution in [2.24, 2.45) is 0 Å². The van der Waals surface area contributed by atoms with Crippen LogP contribution in [0.4, 0.5) is 5.69 Å². The largest absolute Gasteiger partial charge is 0.497 e. The third-order valence-electron chi connectivity index (χ3n) is 5.95. The Morgan fingerprint density at radius 1 is 0.971 bits per heavy atom. The van der Waals surface area contributed by atoms with E-state index in [2.05, 4.69) is 0 Å². The van der Waals surface area contributed by atoms with Gasteiger partial charge in [-0.2, -0.15) is 0 Å². The fraction of sp³-hybridized carbons (Fsp3) is 0.222. The van der Waals surface area contributed by atoms with Crippen LogP contribution >= 0.6 is 23.2 Å². The van der Waals surface area contributed by atoms with Crippen LogP contribution in [0.15, 0.2) is 72.8 Å². The van der Waals surface area contributed by atoms with Gasteiger partial charge in [0.15, 0.2) is 0 Å². The van der Waals surface area contributed by atoms with Crippen molar-refractivity contribution in [3.05, 3.63) is 94.0 Å². The summed E-state index contributed by atoms with van der Waals surface area (Å²) in [6, 6.07) is 20.2. The van der Waals surface area contributed by atoms with E-state index in [-0.39, 0.29) is 31.2 Å². The molecule has 0 N–H and O–H groups in total. The normalized spacial score (nSPS) is 15.4. The van der Waals surface area contributed by atoms with Crippen LogP contribution in [0.25, 0.3) is 0 Å². The molecule has 6 nitrogen and oxygen atoms in total. The Hall–Kier alpha value is -3.35. The highest BCUT2D eigenvalue weighted by Gasteiger charge is 2.44. The van der Waals surface area contributed by atoms with E-state index in [1.54, 1.807) is 61.7 Å². The minimum atomic E-state index is -0.886. The van der Waals surface area contributed by atoms with E-state index in [1.807, 2.05) is 18.2 Å². The summed E-state index contributed by atoms with van der Waals surface area (Å²) in [5, 5.41) is 1.17. The summed E-state index contributed by atoms with van der Waals surface area (Å²) in [6.07, 6.45) is 0.507. The molecule has 0 aromatic heterocycles. The van der Waals surface area contributed by atoms with E-state index in [0.29, 0.717) is 27.9 Å². The molecule has 0 bridgehead atoms. The van der Waals surface area contributed by atoms with Gasteiger partial charge in [-0.1, -0.05) is 47.5 Å². The second-order valence-electron chi connectivity index (χ2n) is 8.26. The van der Waals surface area contributed by atoms with E-state index in [1.165, 1.54) is 4.90 Å². The first-order valence-corrected chi connectivity index (χ1v) is 11.9. The topological polar surface area (TPSA) is 66.9 Å². The number of hydrogen-bond acceptors (Lipinski definition) is 4. The van der Waals surface area contributed by atoms with E-state index < -0.39 is 11.9 Å². The zero-order chi connectivity index (χ0) is 24.9. The zero-order valence-corrected chi connectivity index (χ0v) is 20.6. The summed E-state index contributed by atoms with van der Waals surface area (Å²) >= 11 is 12.1. The highest BCUT2D eigenvalue weighted by molar-refractivity contribution is 6.30. The van der Waals surface area contributed by atoms with E-state index >= 15 is 0 Å². The molecule has 0 spiro atoms. The van der Waals surface area contributed by atoms with Crippen molar-refractivity contribution >= 4 is 46.6 Å². The fourth-order valence-electron chi connectivity index (χ4n) is 4.14. The molecule has 3 aromatic carbocycles. The Bertz CT molecular complexity index is 1230. The summed E-state index contributed by atoms with van der Waals surface area (Å²) in [4.78, 5) is 42.4. The number of imide groups is 1. The Labute approximate surface area is 214 Å². The number of ether oxygens (including phenoxy) is 1. The van der Waals surface area contributed by atoms with Crippen molar-refractivity contribution in [2.45, 2.75) is 25.3 Å². The standard InChI is InChI=1S/C27H24Cl2N2O4/c1-35-23-11-9-22(10-12-23)31-26(33)17-24(27(31)34)30(14-13-18-3-2-4-21(29)15-18)25(32)16-19-5-7-20(28)8-6-19/h2-12,15,24H,13-14,16-17H2,1H3. The molecule has 1 unspecified atom stereocenters. The van der Waals surface area contributed by atoms with Gasteiger partial charge in [0.1, 0.15) is 11.8 Å². The molecule has 1 aliphatic rings. The van der Waals surface area contributed by atoms with Gasteiger partial charge < -0.3 is 9.64 Å². The molecule has 1 heterocycles. The van der Waals surface area contributed by atoms with Gasteiger partial charge in [-0.05, 0) is 66.1 Å². The van der Waals surface area contributed by atoms with Crippen LogP contribution in [0, 0.1) is 0 Å². The number of methoxy groups -OCH3 is 1. The number of rotatable bonds is 8. The first kappa shape index (κ1) is 24.8. The smallest absolute Gasteiger partial charge is 0.257 e. The molecule has 1 saturated heterocycles. The number of halogens is 2. The predicted molar refractivity (Wildman–Crippen MR) is 136 cm³/mol. The monoisotopic (exact) mass is 510 g/mol. The summed E-state index contributed by atoms with van der Waals surface area (Å²) < 4.78 is 5.16. The van der Waals surface area contributed by atoms with Gasteiger partial charge in [0.2, 0.25) is 11.8 Å². The number of anilines is 1. The molecular weight excluding hydrogens is 487 g/mol. The van der Waals surface area contributed by atoms with Gasteiger partial charge in [-0.3, -0.25) is 14.4 Å². The lowest BCUT2D eigenvalue weighted by Gasteiger charge is -2.28. The van der Waals surface area contributed by atoms with Gasteiger partial charge in [-0.15, -0.1) is 0 Å². The minimum absolute atomic E-state index is 0.0766. The van der Waals surface area contributed by atoms with Crippen LogP contribution in [0.3, 0.4) is 0 Å². The number of carbonyl (C=O) groups excluding carboxylic acids is 3. The van der Waals surface area contributed by atoms with Gasteiger partial charge in [0.25, 0.3) is 5.91 Å². The van der Waals surface area contributed by atoms with Gasteiger partial charge >= 0.3 is 0 Å². The predicted octanol–water partition coefficient (Wildman–Crippen LogP) is 4.95. The lowest BCUT2D eigenvalue weighted by atomic mass is 10.1. The summed E-state index contributed by atoms with van der Waals surface area (Å²) in [6.45, 7) is 0.271. The average molecular weight is 511 g/mol. The quantitative estimate of drug-likeness (QED) is 0.402. The molecule has 1 aliphatic heterocycles. The first-order chi connectivity index (χ1) is 16.9. The second kappa shape index (κ2) is 10.9. The maximum absolute atomic E-state index is 13.4. The SMILES string of the molecule is COc1ccc(N2C(=O)CC(N(CCc3cccc(Cl)c3)C(=O)Cc3ccc(Cl)cc3)C2=O)cc1. The molecular formula is C27H24Cl2N2O4. The molecule has 3 amide bonds. The molecule has 3 aromatic rings. The lowest BCUT2D eigenvalue weighted by Crippen LogP contribution is -2.47. The van der Waals surface area contributed by atoms with Crippen molar-refractivity contribution in [3.8, 4) is 5.75 Å². The molecule has 1 atom stereocenters. The van der Waals surface area contributed by atoms with Crippen molar-refractivity contribution in [3.63, 3.8) is 0 Å². The zero-order valence-electron chi connectivity index (χ0n) is 19.1. The summed E-state index contributed by atoms with van der Waals surface area (Å²) in [5.41, 5.74) is 2.16. The number of hydrogen-bond donors (Lipinski definition) is 0. The molecule has 1 fully saturated rings. The van der Waals surface area contributed by atoms with Gasteiger partial charge in [0.05, 0.1) is 25.6 Å². The lowest BCUT2D eigenvalue weighted by molar-refractivity contribution is -0.137. The average Bonchev–Trinajstić information content (AvgIpc) is 3.14. The van der Waals surface area contributed by atoms with Crippen LogP contribution in [0.5, 0.6) is 5.75 Å². The molecule has 35 heavy (non-hydrogen) atoms. The van der Waals surface area contributed by atoms with Crippen molar-refractivity contribution in [1.29, 1.82) is 0 Å². The minimum Gasteiger partial charge on any atom is -0.497 e. The van der Waals surface area contributed by atoms with Crippen molar-refractivity contribution in [2.75, 3.05) is 18.6 Å². The highest BCUT2D eigenvalue weighted by Crippen LogP contribution is 2.28. The Morgan fingerprint density at radius 2 is 1.69 bits per heavy atom. The van der Waals surface area contributed by atoms with Crippen LogP contribution in [-0.2, 0) is 27.2 Å². The van der Waals surface area contributed by atoms with Crippen LogP contribution in [0.1, 0.15) is 17.5 Å². The maximum atomic E-state index is 13.4. The Morgan fingerprint density at radius 3 is 2.34 bits per heavy atom. The number of benzene rings is 3. The third-order valence-corrected chi connectivity index (χ3v) is 6.44. The highest BCUT2D eigenvalue weighted by atomic mass is 35.5. The van der Waals surface area contributed by atoms with Crippen LogP contribution in [-0.4, -0.2) is 42.3 Å². The van der Waals surface area contributed by atoms with E-state index in [0.717, 1.165) is 16.0 Å². The Kier molecular flexibility index (Phi) is 7.73. The first-order valence-electron chi connectivity index (χ1n) is 11.1. The number of amides is 3. The van der Waals surface area contributed by atoms with E-state index in [4.69, 9.17) is 27.9 Å². The van der Waals surface area contributed by atoms with Gasteiger partial charge in [-0.25, -0.2) is 4.90 Å². The molecule has 4 rings (SSSR count). The number of carbonyl (C=O) groups is 3. The molecule has 8 heteroatoms. The van der Waals surface area contributed by atoms with Crippen molar-refractivity contribution in [1.82, 2.24) is 4.90 Å². The Balaban J connectivity index is 1.58. The summed E-state index contributed by atoms with van der Waals surface area (Å²) in [7, 11) is 1.54. The maximum Gasteiger partial charge on any atom is 0.257 e. The molecule has 0 radical (unpaired) electrons. The van der Waals surface area contributed by atoms with E-state index in [9.17, 15) is 14.4 Å². The molecule has 0 aliphatic carbocycles. The van der Waals surface area contributed by atoms with Crippen LogP contribution < -0.4 is 9.64 Å². The van der Waals surface area contributed by atoms with Crippen LogP contribution in [0.2, 0.25) is 10.0 Å². The third kappa shape index (κ3) is 5.84. The van der Waals surface area contributed by atoms with Crippen molar-refractivity contribution < 1.29 is 19.1 Å². The second-order valence-corrected chi connectivity index (χ2v) is 9.13. The number of nitrogens with zero attached hydrogens (tertiary/aromatic N) is 2. The van der Waals surface area contributed by atoms with Gasteiger partial charge in [0, 0.05) is 16.6 Å². The molecule has 0 saturated carbocycles. The summed E-state index contributed by atoms with van der Waals surface area (Å²) in [5.74, 6) is -0.393. The molecule has 180 valence electrons.